The third kappa shape index (κ3) is 2.56. The van der Waals surface area contributed by atoms with Crippen molar-refractivity contribution in [3.63, 3.8) is 0 Å². The van der Waals surface area contributed by atoms with E-state index in [1.807, 2.05) is 25.1 Å². The molecular weight excluding hydrogens is 267 g/mol. The van der Waals surface area contributed by atoms with Crippen LogP contribution in [0.15, 0.2) is 48.5 Å². The summed E-state index contributed by atoms with van der Waals surface area (Å²) in [6.45, 7) is 1.95. The molecule has 0 saturated heterocycles. The smallest absolute Gasteiger partial charge is 0.321 e. The van der Waals surface area contributed by atoms with Gasteiger partial charge in [-0.3, -0.25) is 4.79 Å². The minimum atomic E-state index is -0.614. The lowest BCUT2D eigenvalue weighted by atomic mass is 9.64. The summed E-state index contributed by atoms with van der Waals surface area (Å²) in [7, 11) is 0. The van der Waals surface area contributed by atoms with Crippen LogP contribution in [0.5, 0.6) is 5.75 Å². The Kier molecular flexibility index (Phi) is 3.50. The van der Waals surface area contributed by atoms with Crippen molar-refractivity contribution in [2.24, 2.45) is 0 Å². The quantitative estimate of drug-likeness (QED) is 0.625. The highest BCUT2D eigenvalue weighted by Crippen LogP contribution is 2.44. The van der Waals surface area contributed by atoms with Crippen molar-refractivity contribution in [1.29, 1.82) is 0 Å². The van der Waals surface area contributed by atoms with Crippen molar-refractivity contribution in [2.45, 2.75) is 31.6 Å². The monoisotopic (exact) mass is 284 g/mol. The van der Waals surface area contributed by atoms with E-state index in [9.17, 15) is 9.18 Å². The van der Waals surface area contributed by atoms with E-state index in [-0.39, 0.29) is 11.8 Å². The largest absolute Gasteiger partial charge is 0.426 e. The molecule has 0 bridgehead atoms. The summed E-state index contributed by atoms with van der Waals surface area (Å²) in [4.78, 5) is 12.6. The second kappa shape index (κ2) is 5.32. The highest BCUT2D eigenvalue weighted by atomic mass is 19.1. The molecule has 3 rings (SSSR count). The summed E-state index contributed by atoms with van der Waals surface area (Å²) < 4.78 is 18.6. The van der Waals surface area contributed by atoms with Gasteiger partial charge in [0.25, 0.3) is 0 Å². The number of carbonyl (C=O) groups is 1. The fourth-order valence-corrected chi connectivity index (χ4v) is 2.79. The van der Waals surface area contributed by atoms with Crippen LogP contribution in [0, 0.1) is 12.7 Å². The molecule has 2 aromatic rings. The van der Waals surface area contributed by atoms with Gasteiger partial charge < -0.3 is 4.74 Å². The van der Waals surface area contributed by atoms with Gasteiger partial charge in [0.1, 0.15) is 11.6 Å². The number of hydrogen-bond acceptors (Lipinski definition) is 2. The predicted octanol–water partition coefficient (Wildman–Crippen LogP) is 4.16. The van der Waals surface area contributed by atoms with E-state index in [1.165, 1.54) is 12.1 Å². The first-order valence-electron chi connectivity index (χ1n) is 7.15. The van der Waals surface area contributed by atoms with Crippen molar-refractivity contribution in [2.75, 3.05) is 0 Å². The molecule has 0 aliphatic heterocycles. The number of benzene rings is 2. The molecular formula is C18H17FO2. The third-order valence-corrected chi connectivity index (χ3v) is 4.19. The average molecular weight is 284 g/mol. The molecule has 3 heteroatoms. The van der Waals surface area contributed by atoms with Gasteiger partial charge in [0.05, 0.1) is 5.41 Å². The average Bonchev–Trinajstić information content (AvgIpc) is 2.39. The molecule has 0 N–H and O–H groups in total. The topological polar surface area (TPSA) is 26.3 Å². The maximum atomic E-state index is 13.1. The van der Waals surface area contributed by atoms with Crippen LogP contribution < -0.4 is 4.74 Å². The second-order valence-electron chi connectivity index (χ2n) is 5.65. The van der Waals surface area contributed by atoms with Gasteiger partial charge in [0, 0.05) is 0 Å². The van der Waals surface area contributed by atoms with Crippen molar-refractivity contribution >= 4 is 5.97 Å². The first-order chi connectivity index (χ1) is 10.1. The zero-order valence-electron chi connectivity index (χ0n) is 11.9. The van der Waals surface area contributed by atoms with Crippen LogP contribution in [0.1, 0.15) is 30.4 Å². The molecule has 1 saturated carbocycles. The van der Waals surface area contributed by atoms with Crippen LogP contribution in [0.25, 0.3) is 0 Å². The van der Waals surface area contributed by atoms with Gasteiger partial charge in [-0.1, -0.05) is 30.7 Å². The standard InChI is InChI=1S/C18H17FO2/c1-13-4-2-5-16(12-13)21-17(20)18(10-3-11-18)14-6-8-15(19)9-7-14/h2,4-9,12H,3,10-11H2,1H3. The maximum absolute atomic E-state index is 13.1. The van der Waals surface area contributed by atoms with Gasteiger partial charge in [-0.15, -0.1) is 0 Å². The Bertz CT molecular complexity index is 657. The summed E-state index contributed by atoms with van der Waals surface area (Å²) in [5.74, 6) is 0.0274. The normalized spacial score (nSPS) is 16.1. The molecule has 0 heterocycles. The lowest BCUT2D eigenvalue weighted by molar-refractivity contribution is -0.144. The zero-order chi connectivity index (χ0) is 14.9. The van der Waals surface area contributed by atoms with Crippen LogP contribution in [0.4, 0.5) is 4.39 Å². The second-order valence-corrected chi connectivity index (χ2v) is 5.65. The Morgan fingerprint density at radius 2 is 1.86 bits per heavy atom. The number of hydrogen-bond donors (Lipinski definition) is 0. The van der Waals surface area contributed by atoms with E-state index in [0.29, 0.717) is 5.75 Å². The fraction of sp³-hybridized carbons (Fsp3) is 0.278. The minimum Gasteiger partial charge on any atom is -0.426 e. The van der Waals surface area contributed by atoms with Crippen LogP contribution in [-0.4, -0.2) is 5.97 Å². The maximum Gasteiger partial charge on any atom is 0.321 e. The molecule has 108 valence electrons. The van der Waals surface area contributed by atoms with Crippen molar-refractivity contribution in [3.8, 4) is 5.75 Å². The Morgan fingerprint density at radius 3 is 2.43 bits per heavy atom. The summed E-state index contributed by atoms with van der Waals surface area (Å²) >= 11 is 0. The molecule has 1 aliphatic rings. The number of rotatable bonds is 3. The predicted molar refractivity (Wildman–Crippen MR) is 78.7 cm³/mol. The Hall–Kier alpha value is -2.16. The number of esters is 1. The highest BCUT2D eigenvalue weighted by molar-refractivity contribution is 5.86. The van der Waals surface area contributed by atoms with Crippen molar-refractivity contribution in [1.82, 2.24) is 0 Å². The first kappa shape index (κ1) is 13.8. The SMILES string of the molecule is Cc1cccc(OC(=O)C2(c3ccc(F)cc3)CCC2)c1. The van der Waals surface area contributed by atoms with Gasteiger partial charge in [-0.2, -0.15) is 0 Å². The van der Waals surface area contributed by atoms with Crippen LogP contribution in [0.2, 0.25) is 0 Å². The van der Waals surface area contributed by atoms with Gasteiger partial charge in [-0.25, -0.2) is 4.39 Å². The van der Waals surface area contributed by atoms with Crippen LogP contribution in [-0.2, 0) is 10.2 Å². The molecule has 1 fully saturated rings. The number of halogens is 1. The lowest BCUT2D eigenvalue weighted by Crippen LogP contribution is -2.45. The van der Waals surface area contributed by atoms with E-state index in [1.54, 1.807) is 18.2 Å². The summed E-state index contributed by atoms with van der Waals surface area (Å²) in [6, 6.07) is 13.6. The lowest BCUT2D eigenvalue weighted by Gasteiger charge is -2.39. The van der Waals surface area contributed by atoms with E-state index in [2.05, 4.69) is 0 Å². The van der Waals surface area contributed by atoms with Crippen molar-refractivity contribution in [3.05, 3.63) is 65.5 Å². The first-order valence-corrected chi connectivity index (χ1v) is 7.15. The molecule has 0 spiro atoms. The van der Waals surface area contributed by atoms with Crippen LogP contribution >= 0.6 is 0 Å². The number of carbonyl (C=O) groups excluding carboxylic acids is 1. The van der Waals surface area contributed by atoms with E-state index >= 15 is 0 Å². The highest BCUT2D eigenvalue weighted by Gasteiger charge is 2.47. The molecule has 0 unspecified atom stereocenters. The molecule has 0 aromatic heterocycles. The molecule has 2 nitrogen and oxygen atoms in total. The Morgan fingerprint density at radius 1 is 1.14 bits per heavy atom. The summed E-state index contributed by atoms with van der Waals surface area (Å²) in [5, 5.41) is 0. The van der Waals surface area contributed by atoms with Gasteiger partial charge in [0.15, 0.2) is 0 Å². The zero-order valence-corrected chi connectivity index (χ0v) is 11.9. The van der Waals surface area contributed by atoms with Crippen LogP contribution in [0.3, 0.4) is 0 Å². The fourth-order valence-electron chi connectivity index (χ4n) is 2.79. The van der Waals surface area contributed by atoms with E-state index in [4.69, 9.17) is 4.74 Å². The molecule has 0 amide bonds. The molecule has 21 heavy (non-hydrogen) atoms. The van der Waals surface area contributed by atoms with Gasteiger partial charge in [0.2, 0.25) is 0 Å². The molecule has 1 aliphatic carbocycles. The summed E-state index contributed by atoms with van der Waals surface area (Å²) in [6.07, 6.45) is 2.49. The van der Waals surface area contributed by atoms with Gasteiger partial charge >= 0.3 is 5.97 Å². The van der Waals surface area contributed by atoms with Gasteiger partial charge in [-0.05, 0) is 55.2 Å². The Labute approximate surface area is 123 Å². The minimum absolute atomic E-state index is 0.244. The molecule has 2 aromatic carbocycles. The van der Waals surface area contributed by atoms with E-state index in [0.717, 1.165) is 30.4 Å². The number of aryl methyl sites for hydroxylation is 1. The van der Waals surface area contributed by atoms with Crippen molar-refractivity contribution < 1.29 is 13.9 Å². The van der Waals surface area contributed by atoms with E-state index < -0.39 is 5.41 Å². The summed E-state index contributed by atoms with van der Waals surface area (Å²) in [5.41, 5.74) is 1.27. The molecule has 0 atom stereocenters. The number of ether oxygens (including phenoxy) is 1. The molecule has 0 radical (unpaired) electrons. The third-order valence-electron chi connectivity index (χ3n) is 4.19. The Balaban J connectivity index is 1.85.